The zero-order valence-electron chi connectivity index (χ0n) is 17.0. The summed E-state index contributed by atoms with van der Waals surface area (Å²) in [5.41, 5.74) is 4.95. The number of H-pyrrole nitrogens is 1. The molecule has 2 aromatic rings. The molecule has 30 heavy (non-hydrogen) atoms. The highest BCUT2D eigenvalue weighted by Gasteiger charge is 2.37. The number of nitrogens with one attached hydrogen (secondary N) is 1. The van der Waals surface area contributed by atoms with Gasteiger partial charge in [-0.1, -0.05) is 24.1 Å². The summed E-state index contributed by atoms with van der Waals surface area (Å²) < 4.78 is 26.9. The molecule has 9 heteroatoms. The number of aromatic amines is 1. The van der Waals surface area contributed by atoms with E-state index in [1.165, 1.54) is 22.1 Å². The van der Waals surface area contributed by atoms with Crippen molar-refractivity contribution in [2.75, 3.05) is 33.4 Å². The molecular formula is C21H24BrN3O4S. The van der Waals surface area contributed by atoms with Crippen LogP contribution in [0.5, 0.6) is 0 Å². The molecule has 0 unspecified atom stereocenters. The summed E-state index contributed by atoms with van der Waals surface area (Å²) in [4.78, 5) is 20.1. The van der Waals surface area contributed by atoms with Crippen LogP contribution in [0.1, 0.15) is 11.1 Å². The summed E-state index contributed by atoms with van der Waals surface area (Å²) in [5, 5.41) is 1.27. The van der Waals surface area contributed by atoms with Crippen LogP contribution in [-0.2, 0) is 21.3 Å². The van der Waals surface area contributed by atoms with Crippen molar-refractivity contribution in [3.8, 4) is 12.3 Å². The molecular weight excluding hydrogens is 470 g/mol. The smallest absolute Gasteiger partial charge is 0.261 e. The number of amides is 1. The van der Waals surface area contributed by atoms with Crippen molar-refractivity contribution in [2.45, 2.75) is 12.5 Å². The molecule has 160 valence electrons. The molecule has 0 saturated heterocycles. The average molecular weight is 494 g/mol. The van der Waals surface area contributed by atoms with Crippen molar-refractivity contribution in [2.24, 2.45) is 5.92 Å². The number of benzene rings is 1. The number of likely N-dealkylation sites (N-methyl/N-ethyl adjacent to an activating group) is 1. The van der Waals surface area contributed by atoms with Crippen molar-refractivity contribution in [1.29, 1.82) is 0 Å². The van der Waals surface area contributed by atoms with E-state index in [9.17, 15) is 13.2 Å². The highest BCUT2D eigenvalue weighted by atomic mass is 79.9. The first-order valence-electron chi connectivity index (χ1n) is 9.33. The maximum absolute atomic E-state index is 12.7. The molecule has 2 aliphatic rings. The maximum atomic E-state index is 12.7. The van der Waals surface area contributed by atoms with E-state index in [1.807, 2.05) is 0 Å². The number of hydrogen-bond acceptors (Lipinski definition) is 4. The minimum Gasteiger partial charge on any atom is -0.349 e. The molecule has 7 nitrogen and oxygen atoms in total. The molecule has 2 N–H and O–H groups in total. The van der Waals surface area contributed by atoms with E-state index in [2.05, 4.69) is 63.1 Å². The van der Waals surface area contributed by atoms with Crippen molar-refractivity contribution >= 4 is 48.4 Å². The van der Waals surface area contributed by atoms with Gasteiger partial charge in [0.2, 0.25) is 5.91 Å². The Labute approximate surface area is 185 Å². The van der Waals surface area contributed by atoms with E-state index >= 15 is 0 Å². The molecule has 1 aliphatic heterocycles. The first-order chi connectivity index (χ1) is 14.0. The Kier molecular flexibility index (Phi) is 6.43. The predicted octanol–water partition coefficient (Wildman–Crippen LogP) is 2.40. The number of fused-ring (bicyclic) bond motifs is 2. The lowest BCUT2D eigenvalue weighted by atomic mass is 9.79. The van der Waals surface area contributed by atoms with Gasteiger partial charge in [0.15, 0.2) is 0 Å². The lowest BCUT2D eigenvalue weighted by Crippen LogP contribution is -2.47. The van der Waals surface area contributed by atoms with Gasteiger partial charge in [-0.15, -0.1) is 6.42 Å². The van der Waals surface area contributed by atoms with Crippen molar-refractivity contribution in [1.82, 2.24) is 14.8 Å². The fraction of sp³-hybridized carbons (Fsp3) is 0.381. The van der Waals surface area contributed by atoms with E-state index in [0.717, 1.165) is 23.1 Å². The molecule has 1 amide bonds. The number of nitrogens with zero attached hydrogens (tertiary/aromatic N) is 2. The Balaban J connectivity index is 0.000000461. The third kappa shape index (κ3) is 4.62. The molecule has 1 aromatic heterocycles. The second-order valence-electron chi connectivity index (χ2n) is 7.67. The highest BCUT2D eigenvalue weighted by molar-refractivity contribution is 9.10. The van der Waals surface area contributed by atoms with Crippen LogP contribution < -0.4 is 0 Å². The van der Waals surface area contributed by atoms with Gasteiger partial charge in [-0.05, 0) is 52.2 Å². The van der Waals surface area contributed by atoms with E-state index < -0.39 is 10.1 Å². The SMILES string of the molecule is C#CCN(C)C(=O)[C@@H]1C=C2c3cccc4[nH]c(Br)c(c34)C[C@H]2N(C)C1.CS(=O)(=O)O. The average Bonchev–Trinajstić information content (AvgIpc) is 2.97. The summed E-state index contributed by atoms with van der Waals surface area (Å²) in [6, 6.07) is 6.63. The van der Waals surface area contributed by atoms with Crippen LogP contribution in [0.25, 0.3) is 16.5 Å². The summed E-state index contributed by atoms with van der Waals surface area (Å²) in [6.45, 7) is 1.06. The van der Waals surface area contributed by atoms with Crippen molar-refractivity contribution in [3.63, 3.8) is 0 Å². The third-order valence-corrected chi connectivity index (χ3v) is 6.04. The van der Waals surface area contributed by atoms with Gasteiger partial charge in [0.1, 0.15) is 0 Å². The van der Waals surface area contributed by atoms with Crippen LogP contribution in [0.2, 0.25) is 0 Å². The summed E-state index contributed by atoms with van der Waals surface area (Å²) >= 11 is 3.67. The lowest BCUT2D eigenvalue weighted by Gasteiger charge is -2.40. The fourth-order valence-electron chi connectivity index (χ4n) is 4.15. The van der Waals surface area contributed by atoms with Crippen LogP contribution in [0.3, 0.4) is 0 Å². The quantitative estimate of drug-likeness (QED) is 0.494. The van der Waals surface area contributed by atoms with Gasteiger partial charge in [0, 0.05) is 30.5 Å². The first-order valence-corrected chi connectivity index (χ1v) is 12.0. The van der Waals surface area contributed by atoms with Gasteiger partial charge in [0.05, 0.1) is 23.3 Å². The number of terminal acetylenes is 1. The van der Waals surface area contributed by atoms with Crippen molar-refractivity contribution in [3.05, 3.63) is 40.0 Å². The van der Waals surface area contributed by atoms with E-state index in [1.54, 1.807) is 11.9 Å². The molecule has 1 aromatic carbocycles. The maximum Gasteiger partial charge on any atom is 0.261 e. The minimum absolute atomic E-state index is 0.0870. The van der Waals surface area contributed by atoms with Crippen LogP contribution in [0.15, 0.2) is 28.9 Å². The number of carbonyl (C=O) groups is 1. The minimum atomic E-state index is -3.67. The van der Waals surface area contributed by atoms with Gasteiger partial charge in [-0.2, -0.15) is 8.42 Å². The van der Waals surface area contributed by atoms with E-state index in [4.69, 9.17) is 11.0 Å². The van der Waals surface area contributed by atoms with Crippen LogP contribution in [0.4, 0.5) is 0 Å². The van der Waals surface area contributed by atoms with Crippen LogP contribution in [0, 0.1) is 18.3 Å². The lowest BCUT2D eigenvalue weighted by molar-refractivity contribution is -0.132. The zero-order valence-corrected chi connectivity index (χ0v) is 19.4. The predicted molar refractivity (Wildman–Crippen MR) is 122 cm³/mol. The Hall–Kier alpha value is -2.12. The normalized spacial score (nSPS) is 20.5. The van der Waals surface area contributed by atoms with E-state index in [0.29, 0.717) is 18.8 Å². The number of aromatic nitrogens is 1. The fourth-order valence-corrected chi connectivity index (χ4v) is 4.72. The van der Waals surface area contributed by atoms with Crippen LogP contribution in [-0.4, -0.2) is 73.1 Å². The molecule has 0 bridgehead atoms. The topological polar surface area (TPSA) is 93.7 Å². The Morgan fingerprint density at radius 3 is 2.77 bits per heavy atom. The first kappa shape index (κ1) is 22.6. The number of carbonyl (C=O) groups excluding carboxylic acids is 1. The standard InChI is InChI=1S/C20H20BrN3O.CH4O3S/c1-4-8-23(2)20(25)12-9-14-13-6-5-7-16-18(13)15(19(21)22-16)10-17(14)24(3)11-12;1-5(2,3)4/h1,5-7,9,12,17,22H,8,10-11H2,2-3H3;1H3,(H,2,3,4)/t12-,17-;/m1./s1. The Morgan fingerprint density at radius 2 is 2.13 bits per heavy atom. The number of rotatable bonds is 2. The molecule has 4 rings (SSSR count). The molecule has 2 atom stereocenters. The molecule has 1 aliphatic carbocycles. The molecule has 0 saturated carbocycles. The Bertz CT molecular complexity index is 1150. The van der Waals surface area contributed by atoms with Gasteiger partial charge in [-0.3, -0.25) is 14.2 Å². The largest absolute Gasteiger partial charge is 0.349 e. The summed E-state index contributed by atoms with van der Waals surface area (Å²) in [5.74, 6) is 2.48. The van der Waals surface area contributed by atoms with Gasteiger partial charge in [-0.25, -0.2) is 0 Å². The monoisotopic (exact) mass is 493 g/mol. The zero-order chi connectivity index (χ0) is 22.2. The second kappa shape index (κ2) is 8.55. The summed E-state index contributed by atoms with van der Waals surface area (Å²) in [6.07, 6.45) is 9.19. The van der Waals surface area contributed by atoms with Crippen molar-refractivity contribution < 1.29 is 17.8 Å². The summed E-state index contributed by atoms with van der Waals surface area (Å²) in [7, 11) is 0.209. The number of halogens is 1. The molecule has 2 heterocycles. The molecule has 0 spiro atoms. The van der Waals surface area contributed by atoms with Gasteiger partial charge in [0.25, 0.3) is 10.1 Å². The second-order valence-corrected chi connectivity index (χ2v) is 9.92. The molecule has 0 fully saturated rings. The molecule has 0 radical (unpaired) electrons. The van der Waals surface area contributed by atoms with E-state index in [-0.39, 0.29) is 11.8 Å². The van der Waals surface area contributed by atoms with Gasteiger partial charge >= 0.3 is 0 Å². The van der Waals surface area contributed by atoms with Gasteiger partial charge < -0.3 is 9.88 Å². The van der Waals surface area contributed by atoms with Crippen LogP contribution >= 0.6 is 15.9 Å². The Morgan fingerprint density at radius 1 is 1.47 bits per heavy atom. The highest BCUT2D eigenvalue weighted by Crippen LogP contribution is 2.43. The number of hydrogen-bond donors (Lipinski definition) is 2. The third-order valence-electron chi connectivity index (χ3n) is 5.36.